The number of nitrogens with one attached hydrogen (secondary N) is 3. The molecule has 0 radical (unpaired) electrons. The molecule has 1 aromatic carbocycles. The zero-order valence-electron chi connectivity index (χ0n) is 18.9. The fourth-order valence-electron chi connectivity index (χ4n) is 4.66. The van der Waals surface area contributed by atoms with E-state index in [9.17, 15) is 14.4 Å². The van der Waals surface area contributed by atoms with E-state index in [1.165, 1.54) is 17.5 Å². The molecule has 32 heavy (non-hydrogen) atoms. The first-order valence-electron chi connectivity index (χ1n) is 11.7. The summed E-state index contributed by atoms with van der Waals surface area (Å²) in [4.78, 5) is 44.1. The summed E-state index contributed by atoms with van der Waals surface area (Å²) >= 11 is 0. The molecule has 2 saturated heterocycles. The number of carbonyl (C=O) groups excluding carboxylic acids is 3. The maximum Gasteiger partial charge on any atom is 0.322 e. The topological polar surface area (TPSA) is 97.5 Å². The van der Waals surface area contributed by atoms with Crippen LogP contribution in [0.4, 0.5) is 10.5 Å². The van der Waals surface area contributed by atoms with E-state index in [1.54, 1.807) is 0 Å². The van der Waals surface area contributed by atoms with Crippen molar-refractivity contribution >= 4 is 34.4 Å². The third kappa shape index (κ3) is 4.45. The molecule has 3 N–H and O–H groups in total. The van der Waals surface area contributed by atoms with Gasteiger partial charge in [0.1, 0.15) is 5.54 Å². The van der Waals surface area contributed by atoms with Gasteiger partial charge in [-0.25, -0.2) is 4.79 Å². The van der Waals surface area contributed by atoms with E-state index < -0.39 is 11.6 Å². The largest absolute Gasteiger partial charge is 0.368 e. The summed E-state index contributed by atoms with van der Waals surface area (Å²) < 4.78 is 0. The van der Waals surface area contributed by atoms with Gasteiger partial charge in [-0.15, -0.1) is 0 Å². The number of urea groups is 1. The molecular weight excluding hydrogens is 406 g/mol. The molecular formula is C24H33N5O3. The SMILES string of the molecule is CCC.O=C1NC(=O)C(CCC(=O)N2CCN(c3ccc4[nH]ccc4c3)CC2)(C2CC2)N1. The first-order valence-corrected chi connectivity index (χ1v) is 11.7. The van der Waals surface area contributed by atoms with E-state index >= 15 is 0 Å². The highest BCUT2D eigenvalue weighted by molar-refractivity contribution is 6.07. The zero-order valence-corrected chi connectivity index (χ0v) is 18.9. The Morgan fingerprint density at radius 2 is 1.81 bits per heavy atom. The first kappa shape index (κ1) is 22.2. The lowest BCUT2D eigenvalue weighted by Crippen LogP contribution is -2.51. The molecule has 1 atom stereocenters. The second-order valence-corrected chi connectivity index (χ2v) is 8.98. The fourth-order valence-corrected chi connectivity index (χ4v) is 4.66. The number of H-pyrrole nitrogens is 1. The van der Waals surface area contributed by atoms with E-state index in [0.717, 1.165) is 31.4 Å². The van der Waals surface area contributed by atoms with Crippen molar-refractivity contribution in [3.63, 3.8) is 0 Å². The van der Waals surface area contributed by atoms with Gasteiger partial charge >= 0.3 is 6.03 Å². The van der Waals surface area contributed by atoms with Gasteiger partial charge in [0.25, 0.3) is 5.91 Å². The molecule has 1 saturated carbocycles. The summed E-state index contributed by atoms with van der Waals surface area (Å²) in [5.41, 5.74) is 1.40. The quantitative estimate of drug-likeness (QED) is 0.624. The van der Waals surface area contributed by atoms with Crippen LogP contribution in [0.3, 0.4) is 0 Å². The Balaban J connectivity index is 0.000000775. The minimum atomic E-state index is -0.888. The number of anilines is 1. The third-order valence-electron chi connectivity index (χ3n) is 6.51. The Morgan fingerprint density at radius 3 is 2.44 bits per heavy atom. The molecule has 2 aliphatic heterocycles. The average Bonchev–Trinajstić information content (AvgIpc) is 3.46. The molecule has 8 heteroatoms. The molecule has 1 unspecified atom stereocenters. The zero-order chi connectivity index (χ0) is 22.7. The lowest BCUT2D eigenvalue weighted by atomic mass is 9.87. The minimum Gasteiger partial charge on any atom is -0.368 e. The second-order valence-electron chi connectivity index (χ2n) is 8.98. The number of fused-ring (bicyclic) bond motifs is 1. The van der Waals surface area contributed by atoms with Crippen molar-refractivity contribution in [1.82, 2.24) is 20.5 Å². The summed E-state index contributed by atoms with van der Waals surface area (Å²) in [6, 6.07) is 7.98. The van der Waals surface area contributed by atoms with Gasteiger partial charge in [-0.05, 0) is 49.4 Å². The van der Waals surface area contributed by atoms with Gasteiger partial charge in [0.15, 0.2) is 0 Å². The van der Waals surface area contributed by atoms with Gasteiger partial charge in [-0.3, -0.25) is 14.9 Å². The minimum absolute atomic E-state index is 0.0553. The number of rotatable bonds is 5. The van der Waals surface area contributed by atoms with Crippen molar-refractivity contribution in [3.05, 3.63) is 30.5 Å². The molecule has 8 nitrogen and oxygen atoms in total. The van der Waals surface area contributed by atoms with Crippen LogP contribution in [0.15, 0.2) is 30.5 Å². The number of nitrogens with zero attached hydrogens (tertiary/aromatic N) is 2. The van der Waals surface area contributed by atoms with Crippen LogP contribution in [0.2, 0.25) is 0 Å². The van der Waals surface area contributed by atoms with Crippen LogP contribution >= 0.6 is 0 Å². The Bertz CT molecular complexity index is 990. The van der Waals surface area contributed by atoms with Gasteiger partial charge in [-0.2, -0.15) is 0 Å². The lowest BCUT2D eigenvalue weighted by Gasteiger charge is -2.36. The Labute approximate surface area is 188 Å². The summed E-state index contributed by atoms with van der Waals surface area (Å²) in [6.07, 6.45) is 5.68. The highest BCUT2D eigenvalue weighted by Crippen LogP contribution is 2.43. The number of hydrogen-bond acceptors (Lipinski definition) is 4. The normalized spacial score (nSPS) is 22.9. The summed E-state index contributed by atoms with van der Waals surface area (Å²) in [5, 5.41) is 6.32. The van der Waals surface area contributed by atoms with Crippen LogP contribution < -0.4 is 15.5 Å². The number of aromatic nitrogens is 1. The maximum atomic E-state index is 12.8. The maximum absolute atomic E-state index is 12.8. The summed E-state index contributed by atoms with van der Waals surface area (Å²) in [6.45, 7) is 7.15. The van der Waals surface area contributed by atoms with Crippen molar-refractivity contribution in [1.29, 1.82) is 0 Å². The van der Waals surface area contributed by atoms with Gasteiger partial charge < -0.3 is 20.1 Å². The summed E-state index contributed by atoms with van der Waals surface area (Å²) in [5.74, 6) is -0.0653. The molecule has 3 heterocycles. The number of amides is 4. The molecule has 1 aliphatic carbocycles. The van der Waals surface area contributed by atoms with E-state index in [-0.39, 0.29) is 24.2 Å². The monoisotopic (exact) mass is 439 g/mol. The van der Waals surface area contributed by atoms with Gasteiger partial charge in [0, 0.05) is 55.4 Å². The highest BCUT2D eigenvalue weighted by Gasteiger charge is 2.55. The molecule has 3 fully saturated rings. The first-order chi connectivity index (χ1) is 15.5. The van der Waals surface area contributed by atoms with Crippen LogP contribution in [0.1, 0.15) is 46.0 Å². The predicted molar refractivity (Wildman–Crippen MR) is 124 cm³/mol. The van der Waals surface area contributed by atoms with Crippen LogP contribution in [0.25, 0.3) is 10.9 Å². The predicted octanol–water partition coefficient (Wildman–Crippen LogP) is 3.00. The number of hydrogen-bond donors (Lipinski definition) is 3. The van der Waals surface area contributed by atoms with Crippen molar-refractivity contribution in [2.45, 2.75) is 51.5 Å². The molecule has 3 aliphatic rings. The Morgan fingerprint density at radius 1 is 1.09 bits per heavy atom. The van der Waals surface area contributed by atoms with Crippen LogP contribution in [-0.2, 0) is 9.59 Å². The van der Waals surface area contributed by atoms with Gasteiger partial charge in [-0.1, -0.05) is 20.3 Å². The fraction of sp³-hybridized carbons (Fsp3) is 0.542. The highest BCUT2D eigenvalue weighted by atomic mass is 16.2. The third-order valence-corrected chi connectivity index (χ3v) is 6.51. The van der Waals surface area contributed by atoms with E-state index in [0.29, 0.717) is 19.5 Å². The van der Waals surface area contributed by atoms with E-state index in [2.05, 4.69) is 58.6 Å². The number of piperazine rings is 1. The van der Waals surface area contributed by atoms with E-state index in [4.69, 9.17) is 0 Å². The molecule has 1 aromatic heterocycles. The van der Waals surface area contributed by atoms with Crippen molar-refractivity contribution < 1.29 is 14.4 Å². The molecule has 5 rings (SSSR count). The number of benzene rings is 1. The second kappa shape index (κ2) is 9.22. The van der Waals surface area contributed by atoms with Crippen molar-refractivity contribution in [2.75, 3.05) is 31.1 Å². The molecule has 0 bridgehead atoms. The van der Waals surface area contributed by atoms with Gasteiger partial charge in [0.05, 0.1) is 0 Å². The molecule has 172 valence electrons. The standard InChI is InChI=1S/C21H25N5O3.C3H8/c27-18(5-7-21(15-1-2-15)19(28)23-20(29)24-21)26-11-9-25(10-12-26)16-3-4-17-14(13-16)6-8-22-17;1-3-2/h3-4,6,8,13,15,22H,1-2,5,7,9-12H2,(H2,23,24,28,29);3H2,1-2H3. The Kier molecular flexibility index (Phi) is 6.39. The van der Waals surface area contributed by atoms with E-state index in [1.807, 2.05) is 11.1 Å². The smallest absolute Gasteiger partial charge is 0.322 e. The van der Waals surface area contributed by atoms with Crippen LogP contribution in [0, 0.1) is 5.92 Å². The summed E-state index contributed by atoms with van der Waals surface area (Å²) in [7, 11) is 0. The van der Waals surface area contributed by atoms with Crippen molar-refractivity contribution in [2.24, 2.45) is 5.92 Å². The molecule has 4 amide bonds. The molecule has 2 aromatic rings. The number of carbonyl (C=O) groups is 3. The molecule has 0 spiro atoms. The van der Waals surface area contributed by atoms with Crippen molar-refractivity contribution in [3.8, 4) is 0 Å². The van der Waals surface area contributed by atoms with Crippen LogP contribution in [-0.4, -0.2) is 59.4 Å². The number of imide groups is 1. The number of aromatic amines is 1. The Hall–Kier alpha value is -3.03. The lowest BCUT2D eigenvalue weighted by molar-refractivity contribution is -0.132. The average molecular weight is 440 g/mol. The van der Waals surface area contributed by atoms with Crippen LogP contribution in [0.5, 0.6) is 0 Å². The van der Waals surface area contributed by atoms with Gasteiger partial charge in [0.2, 0.25) is 5.91 Å².